The van der Waals surface area contributed by atoms with Crippen molar-refractivity contribution < 1.29 is 9.53 Å². The summed E-state index contributed by atoms with van der Waals surface area (Å²) in [5.74, 6) is 0.168. The highest BCUT2D eigenvalue weighted by atomic mass is 35.5. The maximum absolute atomic E-state index is 12.8. The number of carbonyl (C=O) groups excluding carboxylic acids is 1. The molecule has 3 rings (SSSR count). The van der Waals surface area contributed by atoms with Gasteiger partial charge in [-0.05, 0) is 50.2 Å². The number of anilines is 1. The van der Waals surface area contributed by atoms with Crippen molar-refractivity contribution in [2.24, 2.45) is 0 Å². The van der Waals surface area contributed by atoms with E-state index >= 15 is 0 Å². The Morgan fingerprint density at radius 2 is 2.15 bits per heavy atom. The van der Waals surface area contributed by atoms with Crippen LogP contribution < -0.4 is 10.1 Å². The Labute approximate surface area is 161 Å². The van der Waals surface area contributed by atoms with Gasteiger partial charge in [-0.25, -0.2) is 4.68 Å². The first-order chi connectivity index (χ1) is 13.0. The number of hydrogen-bond donors (Lipinski definition) is 1. The quantitative estimate of drug-likeness (QED) is 0.713. The molecule has 7 heteroatoms. The van der Waals surface area contributed by atoms with Crippen LogP contribution in [0.2, 0.25) is 5.02 Å². The number of aromatic nitrogens is 2. The number of nitriles is 1. The number of carbonyl (C=O) groups is 1. The smallest absolute Gasteiger partial charge is 0.259 e. The second kappa shape index (κ2) is 7.94. The third-order valence-electron chi connectivity index (χ3n) is 3.96. The molecule has 3 aromatic rings. The van der Waals surface area contributed by atoms with Gasteiger partial charge in [0.1, 0.15) is 5.75 Å². The van der Waals surface area contributed by atoms with E-state index in [-0.39, 0.29) is 5.91 Å². The lowest BCUT2D eigenvalue weighted by atomic mass is 10.2. The summed E-state index contributed by atoms with van der Waals surface area (Å²) in [4.78, 5) is 12.8. The molecule has 0 fully saturated rings. The Hall–Kier alpha value is -3.30. The van der Waals surface area contributed by atoms with Crippen molar-refractivity contribution >= 4 is 23.2 Å². The predicted octanol–water partition coefficient (Wildman–Crippen LogP) is 4.36. The second-order valence-corrected chi connectivity index (χ2v) is 6.18. The number of hydrogen-bond acceptors (Lipinski definition) is 4. The molecule has 1 N–H and O–H groups in total. The first-order valence-corrected chi connectivity index (χ1v) is 8.70. The maximum Gasteiger partial charge on any atom is 0.259 e. The largest absolute Gasteiger partial charge is 0.492 e. The molecular weight excluding hydrogens is 364 g/mol. The molecule has 0 aliphatic rings. The first kappa shape index (κ1) is 18.5. The molecule has 0 unspecified atom stereocenters. The summed E-state index contributed by atoms with van der Waals surface area (Å²) < 4.78 is 7.18. The molecule has 0 bridgehead atoms. The van der Waals surface area contributed by atoms with Crippen LogP contribution in [0.1, 0.15) is 28.5 Å². The highest BCUT2D eigenvalue weighted by molar-refractivity contribution is 6.30. The zero-order valence-corrected chi connectivity index (χ0v) is 15.6. The summed E-state index contributed by atoms with van der Waals surface area (Å²) in [5.41, 5.74) is 2.72. The average Bonchev–Trinajstić information content (AvgIpc) is 3.05. The highest BCUT2D eigenvalue weighted by Gasteiger charge is 2.17. The minimum Gasteiger partial charge on any atom is -0.492 e. The molecule has 2 aromatic carbocycles. The third kappa shape index (κ3) is 3.94. The van der Waals surface area contributed by atoms with E-state index in [2.05, 4.69) is 16.5 Å². The Morgan fingerprint density at radius 1 is 1.33 bits per heavy atom. The van der Waals surface area contributed by atoms with Gasteiger partial charge in [-0.15, -0.1) is 0 Å². The number of rotatable bonds is 5. The minimum absolute atomic E-state index is 0.336. The Bertz CT molecular complexity index is 1040. The zero-order valence-electron chi connectivity index (χ0n) is 14.9. The van der Waals surface area contributed by atoms with Crippen LogP contribution in [0.3, 0.4) is 0 Å². The van der Waals surface area contributed by atoms with Gasteiger partial charge in [-0.2, -0.15) is 10.4 Å². The van der Waals surface area contributed by atoms with Crippen LogP contribution >= 0.6 is 11.6 Å². The molecule has 136 valence electrons. The van der Waals surface area contributed by atoms with Crippen molar-refractivity contribution in [3.63, 3.8) is 0 Å². The van der Waals surface area contributed by atoms with Gasteiger partial charge in [0.25, 0.3) is 5.91 Å². The van der Waals surface area contributed by atoms with Gasteiger partial charge in [0, 0.05) is 5.02 Å². The fourth-order valence-corrected chi connectivity index (χ4v) is 2.85. The van der Waals surface area contributed by atoms with Crippen LogP contribution in [0.4, 0.5) is 5.69 Å². The Kier molecular flexibility index (Phi) is 5.43. The number of ether oxygens (including phenoxy) is 1. The molecule has 0 atom stereocenters. The summed E-state index contributed by atoms with van der Waals surface area (Å²) in [7, 11) is 0. The lowest BCUT2D eigenvalue weighted by Gasteiger charge is -2.12. The summed E-state index contributed by atoms with van der Waals surface area (Å²) >= 11 is 6.04. The maximum atomic E-state index is 12.8. The second-order valence-electron chi connectivity index (χ2n) is 5.75. The molecule has 0 saturated carbocycles. The van der Waals surface area contributed by atoms with E-state index in [1.807, 2.05) is 19.1 Å². The number of benzene rings is 2. The topological polar surface area (TPSA) is 79.9 Å². The predicted molar refractivity (Wildman–Crippen MR) is 104 cm³/mol. The molecule has 0 saturated heterocycles. The first-order valence-electron chi connectivity index (χ1n) is 8.32. The van der Waals surface area contributed by atoms with Crippen molar-refractivity contribution in [1.82, 2.24) is 9.78 Å². The molecule has 1 heterocycles. The van der Waals surface area contributed by atoms with Crippen molar-refractivity contribution in [2.45, 2.75) is 13.8 Å². The zero-order chi connectivity index (χ0) is 19.4. The van der Waals surface area contributed by atoms with Gasteiger partial charge < -0.3 is 10.1 Å². The Balaban J connectivity index is 1.91. The summed E-state index contributed by atoms with van der Waals surface area (Å²) in [6, 6.07) is 14.2. The fourth-order valence-electron chi connectivity index (χ4n) is 2.67. The van der Waals surface area contributed by atoms with E-state index in [0.717, 1.165) is 5.69 Å². The van der Waals surface area contributed by atoms with Gasteiger partial charge in [-0.1, -0.05) is 17.7 Å². The SMILES string of the molecule is CCOc1ccc(C#N)cc1NC(=O)c1cnn(-c2cccc(Cl)c2)c1C. The minimum atomic E-state index is -0.336. The molecule has 1 amide bonds. The van der Waals surface area contributed by atoms with E-state index in [0.29, 0.717) is 39.9 Å². The lowest BCUT2D eigenvalue weighted by molar-refractivity contribution is 0.102. The van der Waals surface area contributed by atoms with Crippen LogP contribution in [0.15, 0.2) is 48.7 Å². The van der Waals surface area contributed by atoms with Crippen molar-refractivity contribution in [3.05, 3.63) is 70.5 Å². The molecule has 1 aromatic heterocycles. The molecule has 0 aliphatic heterocycles. The lowest BCUT2D eigenvalue weighted by Crippen LogP contribution is -2.14. The van der Waals surface area contributed by atoms with E-state index in [4.69, 9.17) is 21.6 Å². The summed E-state index contributed by atoms with van der Waals surface area (Å²) in [6.07, 6.45) is 1.50. The van der Waals surface area contributed by atoms with E-state index in [1.165, 1.54) is 6.20 Å². The molecule has 6 nitrogen and oxygen atoms in total. The third-order valence-corrected chi connectivity index (χ3v) is 4.20. The van der Waals surface area contributed by atoms with E-state index in [9.17, 15) is 4.79 Å². The normalized spacial score (nSPS) is 10.3. The average molecular weight is 381 g/mol. The van der Waals surface area contributed by atoms with Crippen LogP contribution in [0, 0.1) is 18.3 Å². The van der Waals surface area contributed by atoms with E-state index in [1.54, 1.807) is 41.9 Å². The van der Waals surface area contributed by atoms with Crippen LogP contribution in [-0.4, -0.2) is 22.3 Å². The molecule has 0 aliphatic carbocycles. The molecule has 0 spiro atoms. The number of halogens is 1. The van der Waals surface area contributed by atoms with Crippen molar-refractivity contribution in [3.8, 4) is 17.5 Å². The van der Waals surface area contributed by atoms with Gasteiger partial charge >= 0.3 is 0 Å². The van der Waals surface area contributed by atoms with E-state index < -0.39 is 0 Å². The molecule has 27 heavy (non-hydrogen) atoms. The molecule has 0 radical (unpaired) electrons. The standard InChI is InChI=1S/C20H17ClN4O2/c1-3-27-19-8-7-14(11-22)9-18(19)24-20(26)17-12-23-25(13(17)2)16-6-4-5-15(21)10-16/h4-10,12H,3H2,1-2H3,(H,24,26). The summed E-state index contributed by atoms with van der Waals surface area (Å²) in [5, 5.41) is 16.8. The number of nitrogens with one attached hydrogen (secondary N) is 1. The van der Waals surface area contributed by atoms with Gasteiger partial charge in [0.05, 0.1) is 47.1 Å². The van der Waals surface area contributed by atoms with Crippen LogP contribution in [0.25, 0.3) is 5.69 Å². The summed E-state index contributed by atoms with van der Waals surface area (Å²) in [6.45, 7) is 4.10. The molecular formula is C20H17ClN4O2. The Morgan fingerprint density at radius 3 is 2.85 bits per heavy atom. The monoisotopic (exact) mass is 380 g/mol. The van der Waals surface area contributed by atoms with Gasteiger partial charge in [0.2, 0.25) is 0 Å². The van der Waals surface area contributed by atoms with Crippen LogP contribution in [0.5, 0.6) is 5.75 Å². The van der Waals surface area contributed by atoms with Crippen LogP contribution in [-0.2, 0) is 0 Å². The fraction of sp³-hybridized carbons (Fsp3) is 0.150. The van der Waals surface area contributed by atoms with Gasteiger partial charge in [0.15, 0.2) is 0 Å². The highest BCUT2D eigenvalue weighted by Crippen LogP contribution is 2.27. The van der Waals surface area contributed by atoms with Crippen molar-refractivity contribution in [2.75, 3.05) is 11.9 Å². The number of amides is 1. The number of nitrogens with zero attached hydrogens (tertiary/aromatic N) is 3. The van der Waals surface area contributed by atoms with Gasteiger partial charge in [-0.3, -0.25) is 4.79 Å². The van der Waals surface area contributed by atoms with Crippen molar-refractivity contribution in [1.29, 1.82) is 5.26 Å².